The first-order chi connectivity index (χ1) is 11.3. The fourth-order valence-corrected chi connectivity index (χ4v) is 3.43. The molecule has 0 bridgehead atoms. The zero-order chi connectivity index (χ0) is 16.8. The van der Waals surface area contributed by atoms with Crippen molar-refractivity contribution in [2.45, 2.75) is 111 Å². The molecular weight excluding hydrogens is 278 g/mol. The van der Waals surface area contributed by atoms with Gasteiger partial charge in [-0.3, -0.25) is 0 Å². The minimum absolute atomic E-state index is 1.19. The molecule has 0 aliphatic heterocycles. The number of unbranched alkanes of at least 4 members (excludes halogenated alkanes) is 12. The van der Waals surface area contributed by atoms with Gasteiger partial charge in [0, 0.05) is 32.4 Å². The van der Waals surface area contributed by atoms with Gasteiger partial charge in [-0.1, -0.05) is 77.6 Å². The Morgan fingerprint density at radius 1 is 0.609 bits per heavy atom. The first-order valence-corrected chi connectivity index (χ1v) is 10.2. The minimum atomic E-state index is 1.19. The molecule has 1 aromatic rings. The van der Waals surface area contributed by atoms with E-state index in [1.165, 1.54) is 101 Å². The van der Waals surface area contributed by atoms with E-state index in [2.05, 4.69) is 43.5 Å². The number of rotatable bonds is 14. The van der Waals surface area contributed by atoms with Gasteiger partial charge < -0.3 is 0 Å². The molecule has 1 rings (SSSR count). The Balaban J connectivity index is 1.88. The SMILES string of the molecule is CCCCCCCCCCCCCCC[n+]1c(C)cccc1C. The predicted molar refractivity (Wildman–Crippen MR) is 102 cm³/mol. The van der Waals surface area contributed by atoms with Crippen LogP contribution in [0.5, 0.6) is 0 Å². The summed E-state index contributed by atoms with van der Waals surface area (Å²) < 4.78 is 2.46. The molecule has 0 N–H and O–H groups in total. The van der Waals surface area contributed by atoms with Gasteiger partial charge in [0.15, 0.2) is 11.4 Å². The third-order valence-electron chi connectivity index (χ3n) is 5.01. The summed E-state index contributed by atoms with van der Waals surface area (Å²) in [6.45, 7) is 7.92. The molecule has 0 spiro atoms. The molecule has 132 valence electrons. The van der Waals surface area contributed by atoms with Crippen LogP contribution in [0, 0.1) is 13.8 Å². The number of pyridine rings is 1. The molecule has 0 atom stereocenters. The summed E-state index contributed by atoms with van der Waals surface area (Å²) in [5.74, 6) is 0. The van der Waals surface area contributed by atoms with E-state index >= 15 is 0 Å². The molecule has 0 aliphatic rings. The second-order valence-corrected chi connectivity index (χ2v) is 7.20. The number of aryl methyl sites for hydroxylation is 2. The van der Waals surface area contributed by atoms with Crippen molar-refractivity contribution in [2.75, 3.05) is 0 Å². The van der Waals surface area contributed by atoms with Crippen LogP contribution in [0.2, 0.25) is 0 Å². The minimum Gasteiger partial charge on any atom is -0.200 e. The molecule has 1 heteroatoms. The number of hydrogen-bond acceptors (Lipinski definition) is 0. The molecule has 1 nitrogen and oxygen atoms in total. The van der Waals surface area contributed by atoms with E-state index in [9.17, 15) is 0 Å². The summed E-state index contributed by atoms with van der Waals surface area (Å²) in [4.78, 5) is 0. The van der Waals surface area contributed by atoms with Gasteiger partial charge in [0.1, 0.15) is 6.54 Å². The highest BCUT2D eigenvalue weighted by Crippen LogP contribution is 2.12. The summed E-state index contributed by atoms with van der Waals surface area (Å²) in [6.07, 6.45) is 18.6. The summed E-state index contributed by atoms with van der Waals surface area (Å²) in [6, 6.07) is 6.59. The van der Waals surface area contributed by atoms with Gasteiger partial charge in [-0.25, -0.2) is 4.57 Å². The summed E-state index contributed by atoms with van der Waals surface area (Å²) >= 11 is 0. The lowest BCUT2D eigenvalue weighted by Gasteiger charge is -2.04. The first kappa shape index (κ1) is 20.2. The lowest BCUT2D eigenvalue weighted by atomic mass is 10.0. The van der Waals surface area contributed by atoms with Crippen molar-refractivity contribution in [2.24, 2.45) is 0 Å². The largest absolute Gasteiger partial charge is 0.200 e. The van der Waals surface area contributed by atoms with Crippen LogP contribution in [0.1, 0.15) is 102 Å². The third kappa shape index (κ3) is 9.79. The standard InChI is InChI=1S/C22H40N/c1-4-5-6-7-8-9-10-11-12-13-14-15-16-20-23-21(2)18-17-19-22(23)3/h17-19H,4-16,20H2,1-3H3/q+1. The fourth-order valence-electron chi connectivity index (χ4n) is 3.43. The molecule has 1 heterocycles. The van der Waals surface area contributed by atoms with E-state index in [0.717, 1.165) is 0 Å². The normalized spacial score (nSPS) is 11.1. The van der Waals surface area contributed by atoms with Crippen LogP contribution in [-0.4, -0.2) is 0 Å². The van der Waals surface area contributed by atoms with Crippen molar-refractivity contribution in [3.8, 4) is 0 Å². The third-order valence-corrected chi connectivity index (χ3v) is 5.01. The average Bonchev–Trinajstić information content (AvgIpc) is 2.54. The second kappa shape index (κ2) is 13.6. The number of nitrogens with zero attached hydrogens (tertiary/aromatic N) is 1. The maximum Gasteiger partial charge on any atom is 0.178 e. The maximum absolute atomic E-state index is 2.46. The highest BCUT2D eigenvalue weighted by Gasteiger charge is 2.08. The molecule has 1 aromatic heterocycles. The second-order valence-electron chi connectivity index (χ2n) is 7.20. The molecule has 23 heavy (non-hydrogen) atoms. The van der Waals surface area contributed by atoms with Crippen LogP contribution in [0.3, 0.4) is 0 Å². The Hall–Kier alpha value is -0.850. The quantitative estimate of drug-likeness (QED) is 0.266. The Kier molecular flexibility index (Phi) is 11.9. The van der Waals surface area contributed by atoms with Gasteiger partial charge in [-0.05, 0) is 12.5 Å². The van der Waals surface area contributed by atoms with E-state index in [1.54, 1.807) is 0 Å². The predicted octanol–water partition coefficient (Wildman–Crippen LogP) is 6.68. The molecule has 0 aromatic carbocycles. The molecule has 0 saturated carbocycles. The van der Waals surface area contributed by atoms with Crippen molar-refractivity contribution < 1.29 is 4.57 Å². The van der Waals surface area contributed by atoms with Gasteiger partial charge in [0.2, 0.25) is 0 Å². The van der Waals surface area contributed by atoms with Crippen LogP contribution in [0.25, 0.3) is 0 Å². The van der Waals surface area contributed by atoms with Crippen molar-refractivity contribution in [3.63, 3.8) is 0 Å². The monoisotopic (exact) mass is 318 g/mol. The Bertz CT molecular complexity index is 377. The first-order valence-electron chi connectivity index (χ1n) is 10.2. The summed E-state index contributed by atoms with van der Waals surface area (Å²) in [5, 5.41) is 0. The molecule has 0 radical (unpaired) electrons. The van der Waals surface area contributed by atoms with Gasteiger partial charge in [-0.15, -0.1) is 0 Å². The Morgan fingerprint density at radius 3 is 1.43 bits per heavy atom. The molecule has 0 saturated heterocycles. The van der Waals surface area contributed by atoms with Gasteiger partial charge in [-0.2, -0.15) is 0 Å². The average molecular weight is 319 g/mol. The Morgan fingerprint density at radius 2 is 1.00 bits per heavy atom. The van der Waals surface area contributed by atoms with Gasteiger partial charge >= 0.3 is 0 Å². The highest BCUT2D eigenvalue weighted by atomic mass is 15.0. The van der Waals surface area contributed by atoms with Gasteiger partial charge in [0.25, 0.3) is 0 Å². The molecule has 0 unspecified atom stereocenters. The molecular formula is C22H40N+. The van der Waals surface area contributed by atoms with Crippen molar-refractivity contribution in [1.82, 2.24) is 0 Å². The van der Waals surface area contributed by atoms with Crippen molar-refractivity contribution in [3.05, 3.63) is 29.6 Å². The van der Waals surface area contributed by atoms with Gasteiger partial charge in [0.05, 0.1) is 0 Å². The number of aromatic nitrogens is 1. The van der Waals surface area contributed by atoms with Crippen LogP contribution in [0.15, 0.2) is 18.2 Å². The molecule has 0 aliphatic carbocycles. The van der Waals surface area contributed by atoms with Crippen molar-refractivity contribution >= 4 is 0 Å². The van der Waals surface area contributed by atoms with E-state index in [0.29, 0.717) is 0 Å². The van der Waals surface area contributed by atoms with Crippen LogP contribution < -0.4 is 4.57 Å². The van der Waals surface area contributed by atoms with E-state index in [-0.39, 0.29) is 0 Å². The highest BCUT2D eigenvalue weighted by molar-refractivity contribution is 5.00. The van der Waals surface area contributed by atoms with E-state index in [1.807, 2.05) is 0 Å². The molecule has 0 amide bonds. The summed E-state index contributed by atoms with van der Waals surface area (Å²) in [7, 11) is 0. The number of hydrogen-bond donors (Lipinski definition) is 0. The zero-order valence-electron chi connectivity index (χ0n) is 16.1. The van der Waals surface area contributed by atoms with E-state index in [4.69, 9.17) is 0 Å². The fraction of sp³-hybridized carbons (Fsp3) is 0.773. The van der Waals surface area contributed by atoms with Crippen LogP contribution >= 0.6 is 0 Å². The van der Waals surface area contributed by atoms with Crippen LogP contribution in [-0.2, 0) is 6.54 Å². The smallest absolute Gasteiger partial charge is 0.178 e. The van der Waals surface area contributed by atoms with E-state index < -0.39 is 0 Å². The zero-order valence-corrected chi connectivity index (χ0v) is 16.1. The lowest BCUT2D eigenvalue weighted by Crippen LogP contribution is -2.40. The topological polar surface area (TPSA) is 3.88 Å². The van der Waals surface area contributed by atoms with Crippen molar-refractivity contribution in [1.29, 1.82) is 0 Å². The Labute approximate surface area is 145 Å². The molecule has 0 fully saturated rings. The lowest BCUT2D eigenvalue weighted by molar-refractivity contribution is -0.709. The maximum atomic E-state index is 2.46. The summed E-state index contributed by atoms with van der Waals surface area (Å²) in [5.41, 5.74) is 2.79. The van der Waals surface area contributed by atoms with Crippen LogP contribution in [0.4, 0.5) is 0 Å².